The van der Waals surface area contributed by atoms with Crippen LogP contribution in [0.3, 0.4) is 0 Å². The van der Waals surface area contributed by atoms with Gasteiger partial charge < -0.3 is 10.6 Å². The number of fused-ring (bicyclic) bond motifs is 1. The lowest BCUT2D eigenvalue weighted by Gasteiger charge is -2.14. The van der Waals surface area contributed by atoms with Crippen LogP contribution in [0.15, 0.2) is 102 Å². The number of urea groups is 1. The highest BCUT2D eigenvalue weighted by molar-refractivity contribution is 6.06. The molecule has 0 saturated heterocycles. The van der Waals surface area contributed by atoms with Gasteiger partial charge in [0.2, 0.25) is 0 Å². The van der Waals surface area contributed by atoms with Crippen molar-refractivity contribution in [3.05, 3.63) is 108 Å². The van der Waals surface area contributed by atoms with E-state index in [2.05, 4.69) is 47.8 Å². The first-order valence-corrected chi connectivity index (χ1v) is 13.5. The molecule has 40 heavy (non-hydrogen) atoms. The highest BCUT2D eigenvalue weighted by Gasteiger charge is 2.21. The van der Waals surface area contributed by atoms with E-state index in [-0.39, 0.29) is 11.4 Å². The third-order valence-electron chi connectivity index (χ3n) is 6.36. The van der Waals surface area contributed by atoms with Gasteiger partial charge in [-0.3, -0.25) is 10.3 Å². The average molecular weight is 535 g/mol. The van der Waals surface area contributed by atoms with E-state index < -0.39 is 0 Å². The Labute approximate surface area is 236 Å². The highest BCUT2D eigenvalue weighted by Crippen LogP contribution is 2.27. The summed E-state index contributed by atoms with van der Waals surface area (Å²) < 4.78 is 1.78. The van der Waals surface area contributed by atoms with Crippen molar-refractivity contribution in [3.63, 3.8) is 0 Å². The summed E-state index contributed by atoms with van der Waals surface area (Å²) in [7, 11) is 1.94. The predicted molar refractivity (Wildman–Crippen MR) is 168 cm³/mol. The monoisotopic (exact) mass is 534 g/mol. The van der Waals surface area contributed by atoms with Crippen LogP contribution < -0.4 is 16.0 Å². The second-order valence-electron chi connectivity index (χ2n) is 10.7. The number of amides is 2. The lowest BCUT2D eigenvalue weighted by Crippen LogP contribution is -2.21. The molecule has 3 N–H and O–H groups in total. The molecule has 3 aromatic carbocycles. The fourth-order valence-corrected chi connectivity index (χ4v) is 4.18. The van der Waals surface area contributed by atoms with Gasteiger partial charge >= 0.3 is 6.03 Å². The second kappa shape index (κ2) is 13.0. The molecule has 0 saturated carbocycles. The van der Waals surface area contributed by atoms with Crippen LogP contribution in [0.4, 0.5) is 16.3 Å². The van der Waals surface area contributed by atoms with E-state index in [1.165, 1.54) is 11.1 Å². The van der Waals surface area contributed by atoms with Gasteiger partial charge in [0.25, 0.3) is 0 Å². The molecule has 0 radical (unpaired) electrons. The minimum Gasteiger partial charge on any atom is -0.316 e. The van der Waals surface area contributed by atoms with Crippen LogP contribution in [0.5, 0.6) is 0 Å². The van der Waals surface area contributed by atoms with Crippen molar-refractivity contribution in [2.75, 3.05) is 24.2 Å². The first kappa shape index (κ1) is 28.5. The minimum atomic E-state index is -0.305. The van der Waals surface area contributed by atoms with Crippen LogP contribution >= 0.6 is 0 Å². The van der Waals surface area contributed by atoms with Gasteiger partial charge in [-0.05, 0) is 49.6 Å². The Morgan fingerprint density at radius 2 is 1.73 bits per heavy atom. The Kier molecular flexibility index (Phi) is 9.30. The Hall–Kier alpha value is -4.49. The van der Waals surface area contributed by atoms with Crippen molar-refractivity contribution >= 4 is 34.5 Å². The number of likely N-dealkylation sites (N-methyl/N-ethyl adjacent to an activating group) is 1. The number of hydrogen-bond donors (Lipinski definition) is 3. The van der Waals surface area contributed by atoms with Gasteiger partial charge in [0.05, 0.1) is 17.1 Å². The summed E-state index contributed by atoms with van der Waals surface area (Å²) in [4.78, 5) is 16.9. The number of carbonyl (C=O) groups is 1. The molecule has 1 aromatic heterocycles. The summed E-state index contributed by atoms with van der Waals surface area (Å²) in [5.74, 6) is 0.626. The largest absolute Gasteiger partial charge is 0.324 e. The van der Waals surface area contributed by atoms with Crippen LogP contribution in [0.1, 0.15) is 38.4 Å². The Morgan fingerprint density at radius 1 is 0.975 bits per heavy atom. The summed E-state index contributed by atoms with van der Waals surface area (Å²) in [6.07, 6.45) is 8.93. The zero-order valence-corrected chi connectivity index (χ0v) is 23.9. The van der Waals surface area contributed by atoms with Crippen LogP contribution in [0, 0.1) is 6.92 Å². The van der Waals surface area contributed by atoms with Gasteiger partial charge in [-0.25, -0.2) is 9.48 Å². The fraction of sp³-hybridized carbons (Fsp3) is 0.242. The lowest BCUT2D eigenvalue weighted by atomic mass is 9.92. The topological polar surface area (TPSA) is 83.3 Å². The molecular weight excluding hydrogens is 496 g/mol. The van der Waals surface area contributed by atoms with E-state index in [0.717, 1.165) is 40.8 Å². The van der Waals surface area contributed by atoms with Gasteiger partial charge in [0, 0.05) is 35.8 Å². The Balaban J connectivity index is 0.000000312. The molecule has 0 atom stereocenters. The number of nitrogens with one attached hydrogen (secondary N) is 3. The molecule has 2 amide bonds. The number of allylic oxidation sites excluding steroid dienone is 2. The van der Waals surface area contributed by atoms with Crippen molar-refractivity contribution in [3.8, 4) is 5.69 Å². The normalized spacial score (nSPS) is 12.8. The number of rotatable bonds is 5. The maximum absolute atomic E-state index is 12.9. The van der Waals surface area contributed by atoms with E-state index in [0.29, 0.717) is 5.82 Å². The molecule has 0 fully saturated rings. The third kappa shape index (κ3) is 7.55. The van der Waals surface area contributed by atoms with Crippen molar-refractivity contribution in [1.82, 2.24) is 15.1 Å². The molecular formula is C33H38N6O. The number of aliphatic imine (C=N–C) groups is 1. The number of nitrogens with zero attached hydrogens (tertiary/aromatic N) is 3. The quantitative estimate of drug-likeness (QED) is 0.249. The maximum Gasteiger partial charge on any atom is 0.324 e. The fourth-order valence-electron chi connectivity index (χ4n) is 4.18. The van der Waals surface area contributed by atoms with E-state index in [1.807, 2.05) is 105 Å². The van der Waals surface area contributed by atoms with Crippen molar-refractivity contribution in [2.24, 2.45) is 4.99 Å². The molecule has 4 aromatic rings. The molecule has 5 rings (SSSR count). The molecule has 206 valence electrons. The van der Waals surface area contributed by atoms with E-state index >= 15 is 0 Å². The summed E-state index contributed by atoms with van der Waals surface area (Å²) >= 11 is 0. The molecule has 0 aliphatic carbocycles. The molecule has 0 bridgehead atoms. The van der Waals surface area contributed by atoms with Crippen molar-refractivity contribution < 1.29 is 4.79 Å². The smallest absolute Gasteiger partial charge is 0.316 e. The molecule has 7 heteroatoms. The summed E-state index contributed by atoms with van der Waals surface area (Å²) in [5, 5.41) is 15.9. The summed E-state index contributed by atoms with van der Waals surface area (Å²) in [6.45, 7) is 9.27. The first-order chi connectivity index (χ1) is 19.2. The van der Waals surface area contributed by atoms with E-state index in [9.17, 15) is 4.79 Å². The molecule has 0 spiro atoms. The standard InChI is InChI=1S/C25H26N4O.C8H12N2/c1-17-12-14-19(15-13-17)29-23(16-22(28-29)25(2,3)4)27-24(30)26-21-11-7-9-18-8-5-6-10-20(18)21;1-9-6-8-4-2-3-5-10-7-8/h5-16H,1-4H3,(H2,26,27,30);3-5,7,9H,2,6H2,1H3. The molecule has 1 aliphatic heterocycles. The van der Waals surface area contributed by atoms with Gasteiger partial charge in [0.1, 0.15) is 5.82 Å². The second-order valence-corrected chi connectivity index (χ2v) is 10.7. The zero-order valence-electron chi connectivity index (χ0n) is 23.9. The number of hydrogen-bond acceptors (Lipinski definition) is 4. The minimum absolute atomic E-state index is 0.140. The molecule has 7 nitrogen and oxygen atoms in total. The number of aryl methyl sites for hydroxylation is 1. The first-order valence-electron chi connectivity index (χ1n) is 13.5. The molecule has 0 unspecified atom stereocenters. The van der Waals surface area contributed by atoms with Crippen LogP contribution in [0.25, 0.3) is 16.5 Å². The molecule has 1 aliphatic rings. The number of aromatic nitrogens is 2. The van der Waals surface area contributed by atoms with Crippen molar-refractivity contribution in [2.45, 2.75) is 39.5 Å². The van der Waals surface area contributed by atoms with Crippen molar-refractivity contribution in [1.29, 1.82) is 0 Å². The third-order valence-corrected chi connectivity index (χ3v) is 6.36. The van der Waals surface area contributed by atoms with Gasteiger partial charge in [-0.1, -0.05) is 87.0 Å². The van der Waals surface area contributed by atoms with Crippen LogP contribution in [-0.4, -0.2) is 35.6 Å². The summed E-state index contributed by atoms with van der Waals surface area (Å²) in [6, 6.07) is 23.6. The summed E-state index contributed by atoms with van der Waals surface area (Å²) in [5.41, 5.74) is 4.86. The van der Waals surface area contributed by atoms with E-state index in [4.69, 9.17) is 5.10 Å². The zero-order chi connectivity index (χ0) is 28.5. The van der Waals surface area contributed by atoms with Crippen LogP contribution in [-0.2, 0) is 5.41 Å². The maximum atomic E-state index is 12.9. The lowest BCUT2D eigenvalue weighted by molar-refractivity contribution is 0.262. The number of carbonyl (C=O) groups excluding carboxylic acids is 1. The highest BCUT2D eigenvalue weighted by atomic mass is 16.2. The van der Waals surface area contributed by atoms with Gasteiger partial charge in [-0.2, -0.15) is 5.10 Å². The Bertz CT molecular complexity index is 1530. The Morgan fingerprint density at radius 3 is 2.48 bits per heavy atom. The SMILES string of the molecule is CNCC1=CCC=CN=C1.Cc1ccc(-n2nc(C(C)(C)C)cc2NC(=O)Nc2cccc3ccccc23)cc1. The van der Waals surface area contributed by atoms with Gasteiger partial charge in [0.15, 0.2) is 0 Å². The van der Waals surface area contributed by atoms with E-state index in [1.54, 1.807) is 4.68 Å². The van der Waals surface area contributed by atoms with Crippen LogP contribution in [0.2, 0.25) is 0 Å². The number of anilines is 2. The average Bonchev–Trinajstić information content (AvgIpc) is 3.18. The molecule has 2 heterocycles. The number of benzene rings is 3. The predicted octanol–water partition coefficient (Wildman–Crippen LogP) is 7.40. The van der Waals surface area contributed by atoms with Gasteiger partial charge in [-0.15, -0.1) is 0 Å².